The van der Waals surface area contributed by atoms with Crippen molar-refractivity contribution >= 4 is 8.32 Å². The van der Waals surface area contributed by atoms with E-state index in [-0.39, 0.29) is 12.0 Å². The molecule has 2 atom stereocenters. The lowest BCUT2D eigenvalue weighted by atomic mass is 10.0. The van der Waals surface area contributed by atoms with E-state index in [1.54, 1.807) is 0 Å². The van der Waals surface area contributed by atoms with Crippen LogP contribution in [0.25, 0.3) is 0 Å². The van der Waals surface area contributed by atoms with Crippen LogP contribution in [-0.2, 0) is 4.43 Å². The molecular weight excluding hydrogens is 252 g/mol. The molecule has 0 aliphatic carbocycles. The quantitative estimate of drug-likeness (QED) is 0.489. The molecule has 19 heavy (non-hydrogen) atoms. The molecule has 0 heterocycles. The SMILES string of the molecule is C=C[C@H](C)[C@H](O)CCO[Si](C(C)C)(C(C)C)C(C)C. The van der Waals surface area contributed by atoms with Crippen LogP contribution < -0.4 is 0 Å². The predicted octanol–water partition coefficient (Wildman–Crippen LogP) is 4.75. The van der Waals surface area contributed by atoms with Crippen LogP contribution in [0.1, 0.15) is 54.9 Å². The Bertz CT molecular complexity index is 240. The average molecular weight is 287 g/mol. The fraction of sp³-hybridized carbons (Fsp3) is 0.875. The maximum Gasteiger partial charge on any atom is 0.200 e. The number of rotatable bonds is 9. The van der Waals surface area contributed by atoms with Crippen LogP contribution >= 0.6 is 0 Å². The first kappa shape index (κ1) is 18.9. The van der Waals surface area contributed by atoms with Crippen LogP contribution in [0.15, 0.2) is 12.7 Å². The van der Waals surface area contributed by atoms with Gasteiger partial charge in [0.25, 0.3) is 0 Å². The van der Waals surface area contributed by atoms with Crippen LogP contribution in [0.2, 0.25) is 16.6 Å². The van der Waals surface area contributed by atoms with Crippen LogP contribution in [0, 0.1) is 5.92 Å². The highest BCUT2D eigenvalue weighted by atomic mass is 28.4. The van der Waals surface area contributed by atoms with Crippen LogP contribution in [-0.4, -0.2) is 26.1 Å². The van der Waals surface area contributed by atoms with E-state index < -0.39 is 8.32 Å². The largest absolute Gasteiger partial charge is 0.416 e. The van der Waals surface area contributed by atoms with Gasteiger partial charge in [-0.1, -0.05) is 54.5 Å². The van der Waals surface area contributed by atoms with Crippen molar-refractivity contribution in [2.45, 2.75) is 77.6 Å². The molecule has 0 amide bonds. The molecule has 2 nitrogen and oxygen atoms in total. The highest BCUT2D eigenvalue weighted by molar-refractivity contribution is 6.77. The molecule has 0 aromatic rings. The molecule has 0 spiro atoms. The van der Waals surface area contributed by atoms with Crippen molar-refractivity contribution in [3.63, 3.8) is 0 Å². The Hall–Kier alpha value is -0.123. The zero-order valence-electron chi connectivity index (χ0n) is 13.9. The standard InChI is InChI=1S/C16H34O2Si/c1-9-15(8)16(17)10-11-18-19(12(2)3,13(4)5)14(6)7/h9,12-17H,1,10-11H2,2-8H3/t15-,16+/m0/s1. The number of aliphatic hydroxyl groups is 1. The van der Waals surface area contributed by atoms with Crippen molar-refractivity contribution in [1.29, 1.82) is 0 Å². The number of aliphatic hydroxyl groups excluding tert-OH is 1. The second kappa shape index (κ2) is 8.23. The Balaban J connectivity index is 4.64. The van der Waals surface area contributed by atoms with Gasteiger partial charge in [-0.3, -0.25) is 0 Å². The molecule has 0 saturated carbocycles. The van der Waals surface area contributed by atoms with Gasteiger partial charge >= 0.3 is 0 Å². The van der Waals surface area contributed by atoms with E-state index in [0.29, 0.717) is 29.7 Å². The van der Waals surface area contributed by atoms with E-state index in [2.05, 4.69) is 48.1 Å². The van der Waals surface area contributed by atoms with Crippen LogP contribution in [0.4, 0.5) is 0 Å². The monoisotopic (exact) mass is 286 g/mol. The van der Waals surface area contributed by atoms with E-state index in [0.717, 1.165) is 0 Å². The van der Waals surface area contributed by atoms with Crippen LogP contribution in [0.3, 0.4) is 0 Å². The molecule has 0 bridgehead atoms. The molecule has 0 fully saturated rings. The highest BCUT2D eigenvalue weighted by Gasteiger charge is 2.44. The van der Waals surface area contributed by atoms with Crippen molar-refractivity contribution in [2.75, 3.05) is 6.61 Å². The van der Waals surface area contributed by atoms with Gasteiger partial charge in [-0.15, -0.1) is 6.58 Å². The molecule has 0 rings (SSSR count). The minimum atomic E-state index is -1.78. The van der Waals surface area contributed by atoms with Crippen molar-refractivity contribution in [3.8, 4) is 0 Å². The number of hydrogen-bond donors (Lipinski definition) is 1. The van der Waals surface area contributed by atoms with Gasteiger partial charge in [0.1, 0.15) is 0 Å². The minimum Gasteiger partial charge on any atom is -0.416 e. The number of hydrogen-bond acceptors (Lipinski definition) is 2. The molecule has 0 saturated heterocycles. The molecular formula is C16H34O2Si. The maximum atomic E-state index is 9.99. The van der Waals surface area contributed by atoms with Gasteiger partial charge in [-0.25, -0.2) is 0 Å². The highest BCUT2D eigenvalue weighted by Crippen LogP contribution is 2.42. The van der Waals surface area contributed by atoms with Crippen LogP contribution in [0.5, 0.6) is 0 Å². The minimum absolute atomic E-state index is 0.136. The third-order valence-corrected chi connectivity index (χ3v) is 10.6. The summed E-state index contributed by atoms with van der Waals surface area (Å²) in [6.45, 7) is 20.1. The lowest BCUT2D eigenvalue weighted by molar-refractivity contribution is 0.104. The average Bonchev–Trinajstić information content (AvgIpc) is 2.31. The molecule has 0 aromatic carbocycles. The fourth-order valence-corrected chi connectivity index (χ4v) is 8.75. The van der Waals surface area contributed by atoms with E-state index in [1.807, 2.05) is 13.0 Å². The van der Waals surface area contributed by atoms with Gasteiger partial charge in [-0.2, -0.15) is 0 Å². The normalized spacial score (nSPS) is 16.2. The lowest BCUT2D eigenvalue weighted by Crippen LogP contribution is -2.48. The first-order valence-corrected chi connectivity index (χ1v) is 9.78. The third-order valence-electron chi connectivity index (χ3n) is 4.45. The second-order valence-electron chi connectivity index (χ2n) is 6.62. The molecule has 0 aromatic heterocycles. The van der Waals surface area contributed by atoms with Gasteiger partial charge < -0.3 is 9.53 Å². The predicted molar refractivity (Wildman–Crippen MR) is 87.0 cm³/mol. The van der Waals surface area contributed by atoms with Gasteiger partial charge in [0.15, 0.2) is 8.32 Å². The summed E-state index contributed by atoms with van der Waals surface area (Å²) in [6.07, 6.45) is 2.17. The Labute approximate surface area is 121 Å². The van der Waals surface area contributed by atoms with Crippen molar-refractivity contribution < 1.29 is 9.53 Å². The summed E-state index contributed by atoms with van der Waals surface area (Å²) in [4.78, 5) is 0. The smallest absolute Gasteiger partial charge is 0.200 e. The van der Waals surface area contributed by atoms with Gasteiger partial charge in [0, 0.05) is 6.61 Å². The third kappa shape index (κ3) is 4.73. The summed E-state index contributed by atoms with van der Waals surface area (Å²) in [7, 11) is -1.78. The summed E-state index contributed by atoms with van der Waals surface area (Å²) in [5, 5.41) is 9.99. The van der Waals surface area contributed by atoms with E-state index >= 15 is 0 Å². The van der Waals surface area contributed by atoms with Gasteiger partial charge in [-0.05, 0) is 29.0 Å². The second-order valence-corrected chi connectivity index (χ2v) is 12.1. The Morgan fingerprint density at radius 2 is 1.42 bits per heavy atom. The summed E-state index contributed by atoms with van der Waals surface area (Å²) < 4.78 is 6.42. The van der Waals surface area contributed by atoms with Crippen molar-refractivity contribution in [3.05, 3.63) is 12.7 Å². The Kier molecular flexibility index (Phi) is 8.17. The van der Waals surface area contributed by atoms with Crippen molar-refractivity contribution in [2.24, 2.45) is 5.92 Å². The molecule has 114 valence electrons. The maximum absolute atomic E-state index is 9.99. The van der Waals surface area contributed by atoms with E-state index in [4.69, 9.17) is 4.43 Å². The first-order chi connectivity index (χ1) is 8.70. The topological polar surface area (TPSA) is 29.5 Å². The zero-order chi connectivity index (χ0) is 15.2. The first-order valence-electron chi connectivity index (χ1n) is 7.64. The van der Waals surface area contributed by atoms with Gasteiger partial charge in [0.2, 0.25) is 0 Å². The molecule has 3 heteroatoms. The summed E-state index contributed by atoms with van der Waals surface area (Å²) in [6, 6.07) is 0. The van der Waals surface area contributed by atoms with Crippen molar-refractivity contribution in [1.82, 2.24) is 0 Å². The lowest BCUT2D eigenvalue weighted by Gasteiger charge is -2.42. The summed E-state index contributed by atoms with van der Waals surface area (Å²) >= 11 is 0. The Morgan fingerprint density at radius 1 is 1.00 bits per heavy atom. The van der Waals surface area contributed by atoms with E-state index in [9.17, 15) is 5.11 Å². The summed E-state index contributed by atoms with van der Waals surface area (Å²) in [5.41, 5.74) is 1.80. The fourth-order valence-electron chi connectivity index (χ4n) is 3.28. The molecule has 1 N–H and O–H groups in total. The zero-order valence-corrected chi connectivity index (χ0v) is 14.9. The van der Waals surface area contributed by atoms with Gasteiger partial charge in [0.05, 0.1) is 6.10 Å². The Morgan fingerprint density at radius 3 is 1.74 bits per heavy atom. The molecule has 0 unspecified atom stereocenters. The molecule has 0 radical (unpaired) electrons. The molecule has 0 aliphatic rings. The van der Waals surface area contributed by atoms with E-state index in [1.165, 1.54) is 0 Å². The summed E-state index contributed by atoms with van der Waals surface area (Å²) in [5.74, 6) is 0.136. The molecule has 0 aliphatic heterocycles.